The number of carbonyl (C=O) groups excluding carboxylic acids is 1. The van der Waals surface area contributed by atoms with Crippen LogP contribution >= 0.6 is 27.7 Å². The van der Waals surface area contributed by atoms with Gasteiger partial charge in [0.05, 0.1) is 0 Å². The summed E-state index contributed by atoms with van der Waals surface area (Å²) >= 11 is 4.57. The second kappa shape index (κ2) is 3.11. The molecule has 2 rings (SSSR count). The Hall–Kier alpha value is -0.270. The van der Waals surface area contributed by atoms with E-state index in [4.69, 9.17) is 10.8 Å². The highest BCUT2D eigenvalue weighted by Gasteiger charge is 2.54. The molecule has 7 heteroatoms. The molecule has 0 radical (unpaired) electrons. The Bertz CT molecular complexity index is 313. The molecule has 0 aliphatic carbocycles. The van der Waals surface area contributed by atoms with Crippen molar-refractivity contribution in [1.82, 2.24) is 4.90 Å². The fraction of sp³-hybridized carbons (Fsp3) is 0.714. The smallest absolute Gasteiger partial charge is 0.323 e. The lowest BCUT2D eigenvalue weighted by Gasteiger charge is -2.51. The summed E-state index contributed by atoms with van der Waals surface area (Å²) in [5, 5.41) is 8.91. The third kappa shape index (κ3) is 1.26. The molecule has 1 amide bonds. The fourth-order valence-electron chi connectivity index (χ4n) is 1.57. The molecule has 2 heterocycles. The van der Waals surface area contributed by atoms with Crippen molar-refractivity contribution in [2.24, 2.45) is 5.73 Å². The van der Waals surface area contributed by atoms with Gasteiger partial charge < -0.3 is 15.7 Å². The minimum atomic E-state index is -1.01. The van der Waals surface area contributed by atoms with Crippen molar-refractivity contribution in [1.29, 1.82) is 0 Å². The molecule has 2 saturated heterocycles. The average Bonchev–Trinajstić information content (AvgIpc) is 2.16. The standard InChI is InChI=1S/C7H9BrN2O3S/c8-7(6(12)13)1-10-4(11)3(9)5(10)14-2-7/h3,5H,1-2,9H2,(H,12,13)/t3?,5-,7?/m1/s1. The molecule has 2 aliphatic rings. The Labute approximate surface area is 93.1 Å². The summed E-state index contributed by atoms with van der Waals surface area (Å²) < 4.78 is -1.01. The molecular formula is C7H9BrN2O3S. The second-order valence-electron chi connectivity index (χ2n) is 3.46. The van der Waals surface area contributed by atoms with Crippen molar-refractivity contribution in [2.75, 3.05) is 12.3 Å². The number of β-lactam (4-membered cyclic amide) rings is 1. The number of hydrogen-bond acceptors (Lipinski definition) is 4. The highest BCUT2D eigenvalue weighted by Crippen LogP contribution is 2.40. The Balaban J connectivity index is 2.12. The molecule has 0 bridgehead atoms. The maximum absolute atomic E-state index is 11.3. The summed E-state index contributed by atoms with van der Waals surface area (Å²) in [7, 11) is 0. The van der Waals surface area contributed by atoms with Crippen LogP contribution in [0, 0.1) is 0 Å². The third-order valence-electron chi connectivity index (χ3n) is 2.47. The fourth-order valence-corrected chi connectivity index (χ4v) is 3.57. The Kier molecular flexibility index (Phi) is 2.28. The van der Waals surface area contributed by atoms with Gasteiger partial charge in [-0.3, -0.25) is 9.59 Å². The van der Waals surface area contributed by atoms with E-state index in [9.17, 15) is 9.59 Å². The number of carboxylic acids is 1. The number of carbonyl (C=O) groups is 2. The van der Waals surface area contributed by atoms with Crippen molar-refractivity contribution in [3.05, 3.63) is 0 Å². The zero-order valence-electron chi connectivity index (χ0n) is 7.14. The summed E-state index contributed by atoms with van der Waals surface area (Å²) in [6.45, 7) is 0.201. The summed E-state index contributed by atoms with van der Waals surface area (Å²) in [5.74, 6) is -0.659. The van der Waals surface area contributed by atoms with Crippen LogP contribution in [-0.2, 0) is 9.59 Å². The summed E-state index contributed by atoms with van der Waals surface area (Å²) in [4.78, 5) is 23.7. The summed E-state index contributed by atoms with van der Waals surface area (Å²) in [6, 6.07) is -0.453. The van der Waals surface area contributed by atoms with E-state index in [-0.39, 0.29) is 17.8 Å². The van der Waals surface area contributed by atoms with Crippen molar-refractivity contribution < 1.29 is 14.7 Å². The number of rotatable bonds is 1. The lowest BCUT2D eigenvalue weighted by Crippen LogP contribution is -2.72. The first kappa shape index (κ1) is 10.3. The SMILES string of the molecule is NC1C(=O)N2CC(Br)(C(=O)O)CS[C@H]12. The van der Waals surface area contributed by atoms with E-state index < -0.39 is 16.3 Å². The Morgan fingerprint density at radius 2 is 2.43 bits per heavy atom. The van der Waals surface area contributed by atoms with E-state index in [1.165, 1.54) is 16.7 Å². The van der Waals surface area contributed by atoms with Crippen molar-refractivity contribution in [2.45, 2.75) is 15.7 Å². The number of hydrogen-bond donors (Lipinski definition) is 2. The molecule has 0 saturated carbocycles. The van der Waals surface area contributed by atoms with E-state index in [0.717, 1.165) is 0 Å². The van der Waals surface area contributed by atoms with Crippen LogP contribution in [0.15, 0.2) is 0 Å². The first-order valence-corrected chi connectivity index (χ1v) is 5.90. The number of nitrogens with two attached hydrogens (primary N) is 1. The van der Waals surface area contributed by atoms with Gasteiger partial charge in [-0.2, -0.15) is 0 Å². The maximum atomic E-state index is 11.3. The van der Waals surface area contributed by atoms with Crippen LogP contribution in [0.4, 0.5) is 0 Å². The maximum Gasteiger partial charge on any atom is 0.323 e. The molecule has 0 spiro atoms. The van der Waals surface area contributed by atoms with E-state index in [1.54, 1.807) is 0 Å². The molecule has 78 valence electrons. The van der Waals surface area contributed by atoms with Gasteiger partial charge >= 0.3 is 5.97 Å². The van der Waals surface area contributed by atoms with E-state index >= 15 is 0 Å². The number of aliphatic carboxylic acids is 1. The number of alkyl halides is 1. The van der Waals surface area contributed by atoms with Crippen LogP contribution in [0.3, 0.4) is 0 Å². The molecule has 5 nitrogen and oxygen atoms in total. The molecule has 2 aliphatic heterocycles. The topological polar surface area (TPSA) is 83.6 Å². The second-order valence-corrected chi connectivity index (χ2v) is 6.09. The lowest BCUT2D eigenvalue weighted by molar-refractivity contribution is -0.148. The molecule has 0 aromatic rings. The predicted molar refractivity (Wildman–Crippen MR) is 55.2 cm³/mol. The van der Waals surface area contributed by atoms with E-state index in [2.05, 4.69) is 15.9 Å². The third-order valence-corrected chi connectivity index (χ3v) is 5.26. The highest BCUT2D eigenvalue weighted by molar-refractivity contribution is 9.10. The number of halogens is 1. The van der Waals surface area contributed by atoms with E-state index in [1.807, 2.05) is 0 Å². The number of carboxylic acid groups (broad SMARTS) is 1. The van der Waals surface area contributed by atoms with Gasteiger partial charge in [0.25, 0.3) is 0 Å². The summed E-state index contributed by atoms with van der Waals surface area (Å²) in [6.07, 6.45) is 0. The molecule has 0 aromatic carbocycles. The van der Waals surface area contributed by atoms with Gasteiger partial charge in [0.2, 0.25) is 5.91 Å². The largest absolute Gasteiger partial charge is 0.480 e. The van der Waals surface area contributed by atoms with Crippen LogP contribution in [0.25, 0.3) is 0 Å². The minimum absolute atomic E-state index is 0.0347. The van der Waals surface area contributed by atoms with Crippen LogP contribution in [0.1, 0.15) is 0 Å². The van der Waals surface area contributed by atoms with Gasteiger partial charge in [-0.1, -0.05) is 15.9 Å². The minimum Gasteiger partial charge on any atom is -0.480 e. The predicted octanol–water partition coefficient (Wildman–Crippen LogP) is -0.553. The van der Waals surface area contributed by atoms with Crippen LogP contribution < -0.4 is 5.73 Å². The van der Waals surface area contributed by atoms with Gasteiger partial charge in [0, 0.05) is 12.3 Å². The Morgan fingerprint density at radius 1 is 1.79 bits per heavy atom. The Morgan fingerprint density at radius 3 is 3.00 bits per heavy atom. The molecule has 3 atom stereocenters. The molecule has 0 aromatic heterocycles. The first-order chi connectivity index (χ1) is 6.46. The summed E-state index contributed by atoms with van der Waals surface area (Å²) in [5.41, 5.74) is 5.57. The van der Waals surface area contributed by atoms with Crippen LogP contribution in [0.5, 0.6) is 0 Å². The van der Waals surface area contributed by atoms with Crippen molar-refractivity contribution in [3.63, 3.8) is 0 Å². The van der Waals surface area contributed by atoms with Gasteiger partial charge in [-0.05, 0) is 0 Å². The number of amides is 1. The number of nitrogens with zero attached hydrogens (tertiary/aromatic N) is 1. The van der Waals surface area contributed by atoms with Crippen LogP contribution in [0.2, 0.25) is 0 Å². The number of thioether (sulfide) groups is 1. The lowest BCUT2D eigenvalue weighted by atomic mass is 10.0. The highest BCUT2D eigenvalue weighted by atomic mass is 79.9. The van der Waals surface area contributed by atoms with Gasteiger partial charge in [-0.25, -0.2) is 0 Å². The molecular weight excluding hydrogens is 272 g/mol. The molecule has 2 fully saturated rings. The van der Waals surface area contributed by atoms with Gasteiger partial charge in [0.1, 0.15) is 15.7 Å². The molecule has 2 unspecified atom stereocenters. The zero-order chi connectivity index (χ0) is 10.5. The quantitative estimate of drug-likeness (QED) is 0.497. The number of fused-ring (bicyclic) bond motifs is 1. The normalized spacial score (nSPS) is 41.6. The van der Waals surface area contributed by atoms with E-state index in [0.29, 0.717) is 5.75 Å². The molecule has 3 N–H and O–H groups in total. The zero-order valence-corrected chi connectivity index (χ0v) is 9.55. The van der Waals surface area contributed by atoms with Gasteiger partial charge in [0.15, 0.2) is 0 Å². The van der Waals surface area contributed by atoms with Gasteiger partial charge in [-0.15, -0.1) is 11.8 Å². The average molecular weight is 281 g/mol. The van der Waals surface area contributed by atoms with Crippen LogP contribution in [-0.4, -0.2) is 49.9 Å². The van der Waals surface area contributed by atoms with Crippen molar-refractivity contribution in [3.8, 4) is 0 Å². The molecule has 14 heavy (non-hydrogen) atoms. The monoisotopic (exact) mass is 280 g/mol. The van der Waals surface area contributed by atoms with Crippen molar-refractivity contribution >= 4 is 39.6 Å². The first-order valence-electron chi connectivity index (χ1n) is 4.06.